The highest BCUT2D eigenvalue weighted by Gasteiger charge is 2.25. The summed E-state index contributed by atoms with van der Waals surface area (Å²) in [4.78, 5) is 7.94. The maximum absolute atomic E-state index is 2.66. The van der Waals surface area contributed by atoms with Crippen LogP contribution in [0.4, 0.5) is 0 Å². The number of hydrogen-bond acceptors (Lipinski definition) is 3. The number of piperazine rings is 1. The van der Waals surface area contributed by atoms with Crippen molar-refractivity contribution < 1.29 is 0 Å². The molecule has 0 amide bonds. The van der Waals surface area contributed by atoms with E-state index >= 15 is 0 Å². The molecule has 0 aromatic rings. The minimum absolute atomic E-state index is 0.347. The van der Waals surface area contributed by atoms with E-state index in [0.717, 1.165) is 0 Å². The molecule has 112 valence electrons. The quantitative estimate of drug-likeness (QED) is 0.774. The van der Waals surface area contributed by atoms with Crippen molar-refractivity contribution in [2.75, 3.05) is 52.4 Å². The summed E-state index contributed by atoms with van der Waals surface area (Å²) in [6.07, 6.45) is 5.65. The van der Waals surface area contributed by atoms with E-state index < -0.39 is 0 Å². The maximum atomic E-state index is 2.66. The Balaban J connectivity index is 1.58. The Kier molecular flexibility index (Phi) is 5.67. The van der Waals surface area contributed by atoms with Gasteiger partial charge in [0.15, 0.2) is 0 Å². The number of likely N-dealkylation sites (tertiary alicyclic amines) is 1. The minimum atomic E-state index is 0.347. The fourth-order valence-electron chi connectivity index (χ4n) is 3.34. The molecule has 0 N–H and O–H groups in total. The SMILES string of the molecule is CC(C)(C)N1CCN(CCCN2CCCCC2)CC1. The van der Waals surface area contributed by atoms with Crippen LogP contribution in [0, 0.1) is 0 Å². The molecule has 0 saturated carbocycles. The van der Waals surface area contributed by atoms with Gasteiger partial charge in [0.25, 0.3) is 0 Å². The summed E-state index contributed by atoms with van der Waals surface area (Å²) in [6.45, 7) is 17.3. The van der Waals surface area contributed by atoms with E-state index in [1.165, 1.54) is 78.0 Å². The monoisotopic (exact) mass is 267 g/mol. The molecule has 0 unspecified atom stereocenters. The highest BCUT2D eigenvalue weighted by molar-refractivity contribution is 4.82. The zero-order valence-corrected chi connectivity index (χ0v) is 13.3. The van der Waals surface area contributed by atoms with Crippen LogP contribution in [0.1, 0.15) is 46.5 Å². The van der Waals surface area contributed by atoms with Crippen LogP contribution in [0.25, 0.3) is 0 Å². The van der Waals surface area contributed by atoms with Gasteiger partial charge in [0.1, 0.15) is 0 Å². The van der Waals surface area contributed by atoms with Crippen LogP contribution in [-0.4, -0.2) is 72.6 Å². The van der Waals surface area contributed by atoms with E-state index in [0.29, 0.717) is 5.54 Å². The van der Waals surface area contributed by atoms with Crippen molar-refractivity contribution in [3.63, 3.8) is 0 Å². The second-order valence-electron chi connectivity index (χ2n) is 7.26. The van der Waals surface area contributed by atoms with Gasteiger partial charge in [-0.1, -0.05) is 6.42 Å². The van der Waals surface area contributed by atoms with Crippen LogP contribution in [0.5, 0.6) is 0 Å². The average molecular weight is 267 g/mol. The lowest BCUT2D eigenvalue weighted by Crippen LogP contribution is -2.53. The highest BCUT2D eigenvalue weighted by atomic mass is 15.3. The Morgan fingerprint density at radius 3 is 1.74 bits per heavy atom. The van der Waals surface area contributed by atoms with Crippen molar-refractivity contribution in [2.45, 2.75) is 52.0 Å². The Hall–Kier alpha value is -0.120. The predicted octanol–water partition coefficient (Wildman–Crippen LogP) is 2.28. The first-order chi connectivity index (χ1) is 9.05. The van der Waals surface area contributed by atoms with E-state index in [1.807, 2.05) is 0 Å². The molecule has 2 saturated heterocycles. The number of hydrogen-bond donors (Lipinski definition) is 0. The van der Waals surface area contributed by atoms with Crippen molar-refractivity contribution in [1.82, 2.24) is 14.7 Å². The third-order valence-corrected chi connectivity index (χ3v) is 4.72. The summed E-state index contributed by atoms with van der Waals surface area (Å²) < 4.78 is 0. The minimum Gasteiger partial charge on any atom is -0.303 e. The Morgan fingerprint density at radius 2 is 1.21 bits per heavy atom. The summed E-state index contributed by atoms with van der Waals surface area (Å²) >= 11 is 0. The first-order valence-electron chi connectivity index (χ1n) is 8.25. The van der Waals surface area contributed by atoms with Crippen LogP contribution in [-0.2, 0) is 0 Å². The van der Waals surface area contributed by atoms with E-state index in [9.17, 15) is 0 Å². The van der Waals surface area contributed by atoms with Gasteiger partial charge in [-0.05, 0) is 66.2 Å². The third-order valence-electron chi connectivity index (χ3n) is 4.72. The predicted molar refractivity (Wildman–Crippen MR) is 82.7 cm³/mol. The van der Waals surface area contributed by atoms with E-state index in [4.69, 9.17) is 0 Å². The van der Waals surface area contributed by atoms with Crippen LogP contribution >= 0.6 is 0 Å². The van der Waals surface area contributed by atoms with Gasteiger partial charge >= 0.3 is 0 Å². The van der Waals surface area contributed by atoms with E-state index in [2.05, 4.69) is 35.5 Å². The van der Waals surface area contributed by atoms with Gasteiger partial charge in [0.05, 0.1) is 0 Å². The standard InChI is InChI=1S/C16H33N3/c1-16(2,3)19-14-12-18(13-15-19)11-7-10-17-8-5-4-6-9-17/h4-15H2,1-3H3. The fraction of sp³-hybridized carbons (Fsp3) is 1.00. The van der Waals surface area contributed by atoms with Crippen molar-refractivity contribution in [3.8, 4) is 0 Å². The summed E-state index contributed by atoms with van der Waals surface area (Å²) in [5.41, 5.74) is 0.347. The molecule has 0 bridgehead atoms. The van der Waals surface area contributed by atoms with Gasteiger partial charge in [0.2, 0.25) is 0 Å². The molecule has 0 aromatic heterocycles. The van der Waals surface area contributed by atoms with Crippen LogP contribution in [0.3, 0.4) is 0 Å². The Labute approximate surface area is 119 Å². The number of nitrogens with zero attached hydrogens (tertiary/aromatic N) is 3. The normalized spacial score (nSPS) is 24.8. The number of rotatable bonds is 4. The lowest BCUT2D eigenvalue weighted by atomic mass is 10.0. The second-order valence-corrected chi connectivity index (χ2v) is 7.26. The van der Waals surface area contributed by atoms with Crippen molar-refractivity contribution >= 4 is 0 Å². The molecule has 3 heteroatoms. The van der Waals surface area contributed by atoms with Gasteiger partial charge in [0, 0.05) is 31.7 Å². The van der Waals surface area contributed by atoms with Gasteiger partial charge in [-0.3, -0.25) is 4.90 Å². The van der Waals surface area contributed by atoms with Crippen molar-refractivity contribution in [1.29, 1.82) is 0 Å². The maximum Gasteiger partial charge on any atom is 0.0126 e. The van der Waals surface area contributed by atoms with Crippen LogP contribution in [0.15, 0.2) is 0 Å². The molecule has 0 radical (unpaired) electrons. The molecular formula is C16H33N3. The summed E-state index contributed by atoms with van der Waals surface area (Å²) in [5, 5.41) is 0. The summed E-state index contributed by atoms with van der Waals surface area (Å²) in [7, 11) is 0. The molecule has 0 aliphatic carbocycles. The fourth-order valence-corrected chi connectivity index (χ4v) is 3.34. The molecule has 2 rings (SSSR count). The second kappa shape index (κ2) is 7.05. The molecule has 2 fully saturated rings. The van der Waals surface area contributed by atoms with E-state index in [-0.39, 0.29) is 0 Å². The molecular weight excluding hydrogens is 234 g/mol. The van der Waals surface area contributed by atoms with Gasteiger partial charge < -0.3 is 9.80 Å². The Bertz CT molecular complexity index is 245. The number of piperidine rings is 1. The van der Waals surface area contributed by atoms with Crippen molar-refractivity contribution in [2.24, 2.45) is 0 Å². The van der Waals surface area contributed by atoms with Gasteiger partial charge in [-0.2, -0.15) is 0 Å². The largest absolute Gasteiger partial charge is 0.303 e. The van der Waals surface area contributed by atoms with E-state index in [1.54, 1.807) is 0 Å². The highest BCUT2D eigenvalue weighted by Crippen LogP contribution is 2.16. The first-order valence-corrected chi connectivity index (χ1v) is 8.25. The molecule has 2 heterocycles. The first kappa shape index (κ1) is 15.3. The smallest absolute Gasteiger partial charge is 0.0126 e. The van der Waals surface area contributed by atoms with Gasteiger partial charge in [-0.25, -0.2) is 0 Å². The average Bonchev–Trinajstić information content (AvgIpc) is 2.39. The zero-order chi connectivity index (χ0) is 13.7. The van der Waals surface area contributed by atoms with Crippen LogP contribution < -0.4 is 0 Å². The third kappa shape index (κ3) is 5.05. The van der Waals surface area contributed by atoms with Crippen LogP contribution in [0.2, 0.25) is 0 Å². The zero-order valence-electron chi connectivity index (χ0n) is 13.3. The molecule has 2 aliphatic rings. The summed E-state index contributed by atoms with van der Waals surface area (Å²) in [5.74, 6) is 0. The van der Waals surface area contributed by atoms with Gasteiger partial charge in [-0.15, -0.1) is 0 Å². The molecule has 3 nitrogen and oxygen atoms in total. The molecule has 19 heavy (non-hydrogen) atoms. The molecule has 2 aliphatic heterocycles. The molecule has 0 aromatic carbocycles. The van der Waals surface area contributed by atoms with Crippen molar-refractivity contribution in [3.05, 3.63) is 0 Å². The lowest BCUT2D eigenvalue weighted by molar-refractivity contribution is 0.0601. The topological polar surface area (TPSA) is 9.72 Å². The lowest BCUT2D eigenvalue weighted by Gasteiger charge is -2.42. The molecule has 0 spiro atoms. The summed E-state index contributed by atoms with van der Waals surface area (Å²) in [6, 6.07) is 0. The molecule has 0 atom stereocenters. The Morgan fingerprint density at radius 1 is 0.684 bits per heavy atom.